The van der Waals surface area contributed by atoms with Gasteiger partial charge in [-0.1, -0.05) is 26.8 Å². The zero-order chi connectivity index (χ0) is 24.1. The van der Waals surface area contributed by atoms with E-state index in [4.69, 9.17) is 4.74 Å². The summed E-state index contributed by atoms with van der Waals surface area (Å²) in [4.78, 5) is 32.4. The minimum atomic E-state index is -1.26. The van der Waals surface area contributed by atoms with Crippen molar-refractivity contribution in [2.24, 2.45) is 11.8 Å². The summed E-state index contributed by atoms with van der Waals surface area (Å²) in [6.07, 6.45) is 2.50. The standard InChI is InChI=1S/C22H28N2O4S.C2H6O/c1-13(2)11-22(21(26)27)12-15(4)18(19-23-8-9-29-19)24(22)20(25)16-7-6-14(3)17(10-16)28-5;1-3-2/h6-10,13,15,18H,11-12H2,1-5H3,(H,26,27);1-2H3. The topological polar surface area (TPSA) is 89.0 Å². The lowest BCUT2D eigenvalue weighted by Gasteiger charge is -2.38. The number of methoxy groups -OCH3 is 2. The molecule has 0 radical (unpaired) electrons. The number of aliphatic carboxylic acids is 1. The largest absolute Gasteiger partial charge is 0.496 e. The molecular formula is C24H34N2O5S. The lowest BCUT2D eigenvalue weighted by molar-refractivity contribution is -0.150. The molecule has 1 fully saturated rings. The third-order valence-corrected chi connectivity index (χ3v) is 6.51. The lowest BCUT2D eigenvalue weighted by Crippen LogP contribution is -2.54. The van der Waals surface area contributed by atoms with Crippen molar-refractivity contribution >= 4 is 23.2 Å². The molecule has 3 rings (SSSR count). The number of hydrogen-bond acceptors (Lipinski definition) is 6. The fourth-order valence-corrected chi connectivity index (χ4v) is 5.41. The highest BCUT2D eigenvalue weighted by Crippen LogP contribution is 2.50. The van der Waals surface area contributed by atoms with Crippen molar-refractivity contribution in [3.63, 3.8) is 0 Å². The second-order valence-electron chi connectivity index (χ2n) is 8.70. The van der Waals surface area contributed by atoms with E-state index < -0.39 is 11.5 Å². The Morgan fingerprint density at radius 2 is 1.97 bits per heavy atom. The molecule has 0 saturated carbocycles. The molecular weight excluding hydrogens is 428 g/mol. The summed E-state index contributed by atoms with van der Waals surface area (Å²) >= 11 is 1.46. The van der Waals surface area contributed by atoms with E-state index >= 15 is 0 Å². The van der Waals surface area contributed by atoms with Crippen molar-refractivity contribution in [3.8, 4) is 5.75 Å². The van der Waals surface area contributed by atoms with Crippen LogP contribution in [0.4, 0.5) is 0 Å². The second-order valence-corrected chi connectivity index (χ2v) is 9.63. The molecule has 2 heterocycles. The van der Waals surface area contributed by atoms with Gasteiger partial charge >= 0.3 is 5.97 Å². The van der Waals surface area contributed by atoms with Gasteiger partial charge in [0.05, 0.1) is 13.2 Å². The third kappa shape index (κ3) is 5.13. The molecule has 176 valence electrons. The molecule has 1 N–H and O–H groups in total. The van der Waals surface area contributed by atoms with Crippen molar-refractivity contribution in [1.82, 2.24) is 9.88 Å². The molecule has 0 aliphatic carbocycles. The molecule has 7 nitrogen and oxygen atoms in total. The highest BCUT2D eigenvalue weighted by Gasteiger charge is 2.58. The van der Waals surface area contributed by atoms with Crippen LogP contribution in [0.1, 0.15) is 60.6 Å². The summed E-state index contributed by atoms with van der Waals surface area (Å²) in [6, 6.07) is 4.89. The van der Waals surface area contributed by atoms with Gasteiger partial charge in [0.25, 0.3) is 5.91 Å². The number of carbonyl (C=O) groups is 2. The lowest BCUT2D eigenvalue weighted by atomic mass is 9.84. The van der Waals surface area contributed by atoms with Gasteiger partial charge in [-0.25, -0.2) is 9.78 Å². The molecule has 32 heavy (non-hydrogen) atoms. The number of thiazole rings is 1. The number of aromatic nitrogens is 1. The zero-order valence-electron chi connectivity index (χ0n) is 19.9. The first-order chi connectivity index (χ1) is 15.1. The Hall–Kier alpha value is -2.45. The van der Waals surface area contributed by atoms with E-state index in [0.29, 0.717) is 24.2 Å². The van der Waals surface area contributed by atoms with E-state index in [2.05, 4.69) is 9.72 Å². The maximum Gasteiger partial charge on any atom is 0.329 e. The van der Waals surface area contributed by atoms with Crippen LogP contribution in [0.15, 0.2) is 29.8 Å². The average molecular weight is 463 g/mol. The first-order valence-electron chi connectivity index (χ1n) is 10.6. The Kier molecular flexibility index (Phi) is 8.81. The van der Waals surface area contributed by atoms with Crippen molar-refractivity contribution in [2.75, 3.05) is 21.3 Å². The van der Waals surface area contributed by atoms with Crippen molar-refractivity contribution in [1.29, 1.82) is 0 Å². The normalized spacial score (nSPS) is 22.4. The quantitative estimate of drug-likeness (QED) is 0.662. The van der Waals surface area contributed by atoms with Crippen LogP contribution in [0.3, 0.4) is 0 Å². The van der Waals surface area contributed by atoms with Crippen LogP contribution < -0.4 is 4.74 Å². The molecule has 1 aliphatic rings. The van der Waals surface area contributed by atoms with Crippen molar-refractivity contribution < 1.29 is 24.2 Å². The molecule has 1 aromatic heterocycles. The summed E-state index contributed by atoms with van der Waals surface area (Å²) in [5.74, 6) is -0.539. The Morgan fingerprint density at radius 3 is 2.47 bits per heavy atom. The van der Waals surface area contributed by atoms with E-state index in [1.54, 1.807) is 44.6 Å². The monoisotopic (exact) mass is 462 g/mol. The number of likely N-dealkylation sites (tertiary alicyclic amines) is 1. The summed E-state index contributed by atoms with van der Waals surface area (Å²) in [7, 11) is 4.81. The van der Waals surface area contributed by atoms with Crippen LogP contribution in [0.5, 0.6) is 5.75 Å². The van der Waals surface area contributed by atoms with E-state index in [1.165, 1.54) is 11.3 Å². The summed E-state index contributed by atoms with van der Waals surface area (Å²) in [5, 5.41) is 13.0. The van der Waals surface area contributed by atoms with Crippen LogP contribution in [0, 0.1) is 18.8 Å². The Morgan fingerprint density at radius 1 is 1.31 bits per heavy atom. The molecule has 0 bridgehead atoms. The predicted molar refractivity (Wildman–Crippen MR) is 125 cm³/mol. The molecule has 3 atom stereocenters. The number of carbonyl (C=O) groups excluding carboxylic acids is 1. The van der Waals surface area contributed by atoms with E-state index in [1.807, 2.05) is 39.1 Å². The number of aryl methyl sites for hydroxylation is 1. The fourth-order valence-electron chi connectivity index (χ4n) is 4.55. The number of carboxylic acids is 1. The summed E-state index contributed by atoms with van der Waals surface area (Å²) < 4.78 is 9.64. The number of benzene rings is 1. The van der Waals surface area contributed by atoms with Gasteiger partial charge in [-0.05, 0) is 49.3 Å². The van der Waals surface area contributed by atoms with Gasteiger partial charge in [-0.2, -0.15) is 0 Å². The first kappa shape index (κ1) is 25.8. The van der Waals surface area contributed by atoms with Crippen molar-refractivity contribution in [2.45, 2.75) is 52.1 Å². The number of hydrogen-bond donors (Lipinski definition) is 1. The summed E-state index contributed by atoms with van der Waals surface area (Å²) in [5.41, 5.74) is 0.0820. The van der Waals surface area contributed by atoms with E-state index in [0.717, 1.165) is 10.6 Å². The van der Waals surface area contributed by atoms with Gasteiger partial charge in [0.15, 0.2) is 0 Å². The highest BCUT2D eigenvalue weighted by atomic mass is 32.1. The van der Waals surface area contributed by atoms with Gasteiger partial charge in [0.2, 0.25) is 0 Å². The van der Waals surface area contributed by atoms with Crippen LogP contribution in [0.25, 0.3) is 0 Å². The van der Waals surface area contributed by atoms with E-state index in [9.17, 15) is 14.7 Å². The predicted octanol–water partition coefficient (Wildman–Crippen LogP) is 4.82. The van der Waals surface area contributed by atoms with Crippen LogP contribution in [0.2, 0.25) is 0 Å². The molecule has 1 aliphatic heterocycles. The van der Waals surface area contributed by atoms with Gasteiger partial charge in [-0.3, -0.25) is 4.79 Å². The van der Waals surface area contributed by atoms with Gasteiger partial charge in [-0.15, -0.1) is 11.3 Å². The Bertz CT molecular complexity index is 915. The van der Waals surface area contributed by atoms with Gasteiger partial charge < -0.3 is 19.5 Å². The smallest absolute Gasteiger partial charge is 0.329 e. The molecule has 3 unspecified atom stereocenters. The van der Waals surface area contributed by atoms with Gasteiger partial charge in [0.1, 0.15) is 16.3 Å². The molecule has 1 aromatic carbocycles. The number of carboxylic acid groups (broad SMARTS) is 1. The number of nitrogens with zero attached hydrogens (tertiary/aromatic N) is 2. The first-order valence-corrected chi connectivity index (χ1v) is 11.5. The second kappa shape index (κ2) is 10.9. The fraction of sp³-hybridized carbons (Fsp3) is 0.542. The van der Waals surface area contributed by atoms with Crippen LogP contribution in [-0.2, 0) is 9.53 Å². The summed E-state index contributed by atoms with van der Waals surface area (Å²) in [6.45, 7) is 7.89. The van der Waals surface area contributed by atoms with Crippen LogP contribution >= 0.6 is 11.3 Å². The molecule has 2 aromatic rings. The maximum absolute atomic E-state index is 13.8. The minimum Gasteiger partial charge on any atom is -0.496 e. The number of amides is 1. The highest BCUT2D eigenvalue weighted by molar-refractivity contribution is 7.09. The minimum absolute atomic E-state index is 0.0210. The third-order valence-electron chi connectivity index (χ3n) is 5.66. The molecule has 0 spiro atoms. The molecule has 8 heteroatoms. The number of rotatable bonds is 6. The Labute approximate surface area is 194 Å². The van der Waals surface area contributed by atoms with Gasteiger partial charge in [0, 0.05) is 31.4 Å². The van der Waals surface area contributed by atoms with Crippen molar-refractivity contribution in [3.05, 3.63) is 45.9 Å². The maximum atomic E-state index is 13.8. The van der Waals surface area contributed by atoms with E-state index in [-0.39, 0.29) is 23.8 Å². The average Bonchev–Trinajstić information content (AvgIpc) is 3.34. The molecule has 1 amide bonds. The van der Waals surface area contributed by atoms with Crippen LogP contribution in [-0.4, -0.2) is 53.7 Å². The number of ether oxygens (including phenoxy) is 2. The molecule has 1 saturated heterocycles. The SMILES string of the molecule is COC.COc1cc(C(=O)N2C(c3nccs3)C(C)CC2(CC(C)C)C(=O)O)ccc1C. The zero-order valence-corrected chi connectivity index (χ0v) is 20.7. The Balaban J connectivity index is 0.00000114.